The third-order valence-corrected chi connectivity index (χ3v) is 15.9. The molecule has 0 spiro atoms. The molecule has 2 saturated heterocycles. The summed E-state index contributed by atoms with van der Waals surface area (Å²) >= 11 is -0.691. The first-order valence-corrected chi connectivity index (χ1v) is 31.8. The molecule has 60 heavy (non-hydrogen) atoms. The number of hydrogen-bond acceptors (Lipinski definition) is 2. The van der Waals surface area contributed by atoms with Gasteiger partial charge in [-0.15, -0.1) is 0 Å². The third-order valence-electron chi connectivity index (χ3n) is 10.3. The first kappa shape index (κ1) is 51.1. The van der Waals surface area contributed by atoms with Gasteiger partial charge in [0.25, 0.3) is 0 Å². The van der Waals surface area contributed by atoms with Crippen molar-refractivity contribution in [2.24, 2.45) is 0 Å². The second-order valence-electron chi connectivity index (χ2n) is 15.0. The zero-order valence-corrected chi connectivity index (χ0v) is 43.3. The minimum Gasteiger partial charge on any atom is -0.374 e. The van der Waals surface area contributed by atoms with Crippen molar-refractivity contribution < 1.29 is 39.8 Å². The van der Waals surface area contributed by atoms with E-state index in [2.05, 4.69) is 211 Å². The van der Waals surface area contributed by atoms with Crippen molar-refractivity contribution >= 4 is 75.8 Å². The van der Waals surface area contributed by atoms with E-state index in [0.29, 0.717) is 23.2 Å². The molecule has 0 aliphatic carbocycles. The third kappa shape index (κ3) is 15.9. The average Bonchev–Trinajstić information content (AvgIpc) is 3.87. The summed E-state index contributed by atoms with van der Waals surface area (Å²) in [6, 6.07) is 61.3. The van der Waals surface area contributed by atoms with Crippen LogP contribution < -0.4 is 21.2 Å². The summed E-state index contributed by atoms with van der Waals surface area (Å²) in [6.07, 6.45) is 0.267. The maximum atomic E-state index is 6.66. The van der Waals surface area contributed by atoms with Gasteiger partial charge in [-0.2, -0.15) is 0 Å². The first-order valence-electron chi connectivity index (χ1n) is 20.0. The van der Waals surface area contributed by atoms with Crippen LogP contribution >= 0.6 is 54.6 Å². The Morgan fingerprint density at radius 1 is 0.417 bits per heavy atom. The van der Waals surface area contributed by atoms with Gasteiger partial charge in [-0.25, -0.2) is 0 Å². The van der Waals surface area contributed by atoms with E-state index in [4.69, 9.17) is 48.2 Å². The fraction of sp³-hybridized carbons (Fsp3) is 0.280. The molecule has 0 amide bonds. The zero-order chi connectivity index (χ0) is 43.3. The Hall–Kier alpha value is -1.49. The topological polar surface area (TPSA) is 18.5 Å². The maximum absolute atomic E-state index is 6.66. The van der Waals surface area contributed by atoms with Crippen molar-refractivity contribution in [3.63, 3.8) is 0 Å². The van der Waals surface area contributed by atoms with Crippen LogP contribution in [0.2, 0.25) is 0 Å². The normalized spacial score (nSPS) is 17.8. The van der Waals surface area contributed by atoms with Crippen LogP contribution in [0.5, 0.6) is 0 Å². The molecule has 6 aromatic carbocycles. The van der Waals surface area contributed by atoms with Gasteiger partial charge in [-0.05, 0) is 73.9 Å². The van der Waals surface area contributed by atoms with Crippen LogP contribution in [-0.2, 0) is 39.8 Å². The smallest absolute Gasteiger partial charge is 0.0939 e. The van der Waals surface area contributed by atoms with Gasteiger partial charge in [0.1, 0.15) is 0 Å². The molecular weight excluding hydrogens is 1040 g/mol. The van der Waals surface area contributed by atoms with Gasteiger partial charge in [0, 0.05) is 11.3 Å². The summed E-state index contributed by atoms with van der Waals surface area (Å²) in [5.74, 6) is 1.31. The van der Waals surface area contributed by atoms with Crippen molar-refractivity contribution in [2.75, 3.05) is 13.2 Å². The van der Waals surface area contributed by atoms with Crippen molar-refractivity contribution in [1.29, 1.82) is 0 Å². The Morgan fingerprint density at radius 3 is 0.867 bits per heavy atom. The second-order valence-corrected chi connectivity index (χ2v) is 25.2. The standard InChI is InChI=1S/C30H28O2P2.2C10H14.4ClH.2Ru/c1-5-13-23(14-6-1)33(24-15-7-2-8-16-24)27-21-31-30-28(22-32-29(27)30)34(25-17-9-3-10-18-25)26-19-11-4-12-20-26;2*1-8(2)10-6-4-9(3)5-7-10;;;;;;/h1-20,27-30H,21-22H2;2*4-8H,1-3H3;4*1H;;/q;;;;;;;2*+2/p-4/t27-,28-,29-,30-;;;;;;;;/m1......../s1. The predicted octanol–water partition coefficient (Wildman–Crippen LogP) is 13.8. The van der Waals surface area contributed by atoms with E-state index >= 15 is 0 Å². The number of ether oxygens (including phenoxy) is 2. The minimum atomic E-state index is -0.573. The van der Waals surface area contributed by atoms with Crippen LogP contribution in [0.15, 0.2) is 170 Å². The summed E-state index contributed by atoms with van der Waals surface area (Å²) in [5, 5.41) is 5.61. The summed E-state index contributed by atoms with van der Waals surface area (Å²) in [7, 11) is 18.3. The molecule has 0 aromatic heterocycles. The van der Waals surface area contributed by atoms with E-state index in [9.17, 15) is 0 Å². The van der Waals surface area contributed by atoms with Gasteiger partial charge in [0.15, 0.2) is 0 Å². The van der Waals surface area contributed by atoms with Gasteiger partial charge in [0.2, 0.25) is 0 Å². The number of halogens is 4. The van der Waals surface area contributed by atoms with Crippen molar-refractivity contribution in [3.05, 3.63) is 192 Å². The fourth-order valence-corrected chi connectivity index (χ4v) is 12.9. The number of aryl methyl sites for hydroxylation is 2. The van der Waals surface area contributed by atoms with Gasteiger partial charge in [-0.3, -0.25) is 0 Å². The fourth-order valence-electron chi connectivity index (χ4n) is 7.22. The summed E-state index contributed by atoms with van der Waals surface area (Å²) in [6.45, 7) is 14.6. The molecule has 0 saturated carbocycles. The van der Waals surface area contributed by atoms with Crippen molar-refractivity contribution in [1.82, 2.24) is 0 Å². The number of hydrogen-bond donors (Lipinski definition) is 0. The molecule has 322 valence electrons. The molecule has 6 aromatic rings. The summed E-state index contributed by atoms with van der Waals surface area (Å²) in [5.41, 5.74) is 6.24. The number of benzene rings is 6. The largest absolute Gasteiger partial charge is 0.374 e. The molecule has 2 nitrogen and oxygen atoms in total. The molecule has 0 N–H and O–H groups in total. The van der Waals surface area contributed by atoms with Crippen LogP contribution in [0.3, 0.4) is 0 Å². The molecule has 2 aliphatic heterocycles. The Morgan fingerprint density at radius 2 is 0.650 bits per heavy atom. The molecule has 8 rings (SSSR count). The van der Waals surface area contributed by atoms with Crippen molar-refractivity contribution in [3.8, 4) is 0 Å². The van der Waals surface area contributed by atoms with E-state index in [1.165, 1.54) is 43.5 Å². The molecule has 10 heteroatoms. The van der Waals surface area contributed by atoms with Gasteiger partial charge < -0.3 is 9.47 Å². The predicted molar refractivity (Wildman–Crippen MR) is 259 cm³/mol. The molecule has 0 unspecified atom stereocenters. The maximum Gasteiger partial charge on any atom is 0.0939 e. The molecule has 4 atom stereocenters. The SMILES string of the molecule is Cc1ccc(C(C)C)cc1.Cc1ccc(C(C)C)cc1.[Cl][Ru][Cl].[Cl][Ru][Cl].c1ccc(P(c2ccccc2)[C@@H]2CO[C@H]3[C@@H]2OC[C@H]3P(c2ccccc2)c2ccccc2)cc1. The summed E-state index contributed by atoms with van der Waals surface area (Å²) < 4.78 is 13.3. The number of rotatable bonds is 8. The van der Waals surface area contributed by atoms with Crippen molar-refractivity contribution in [2.45, 2.75) is 76.9 Å². The second kappa shape index (κ2) is 28.3. The van der Waals surface area contributed by atoms with Gasteiger partial charge in [-0.1, -0.05) is 209 Å². The van der Waals surface area contributed by atoms with E-state index in [1.54, 1.807) is 0 Å². The van der Waals surface area contributed by atoms with Crippen LogP contribution in [0, 0.1) is 13.8 Å². The zero-order valence-electron chi connectivity index (χ0n) is 35.0. The van der Waals surface area contributed by atoms with E-state index < -0.39 is 15.8 Å². The quantitative estimate of drug-likeness (QED) is 0.112. The summed E-state index contributed by atoms with van der Waals surface area (Å²) in [4.78, 5) is 0. The Balaban J connectivity index is 0.000000248. The van der Waals surface area contributed by atoms with Crippen LogP contribution in [0.1, 0.15) is 61.8 Å². The van der Waals surface area contributed by atoms with E-state index in [1.807, 2.05) is 0 Å². The van der Waals surface area contributed by atoms with Crippen LogP contribution in [0.25, 0.3) is 0 Å². The molecule has 2 fully saturated rings. The number of fused-ring (bicyclic) bond motifs is 1. The molecule has 2 heterocycles. The van der Waals surface area contributed by atoms with E-state index in [0.717, 1.165) is 13.2 Å². The van der Waals surface area contributed by atoms with E-state index in [-0.39, 0.29) is 42.5 Å². The molecule has 0 bridgehead atoms. The minimum absolute atomic E-state index is 0.133. The average molecular weight is 1090 g/mol. The Bertz CT molecular complexity index is 1790. The molecular formula is C50H56Cl4O2P2Ru2. The van der Waals surface area contributed by atoms with Gasteiger partial charge >= 0.3 is 69.1 Å². The molecule has 2 aliphatic rings. The first-order chi connectivity index (χ1) is 29.1. The Kier molecular flexibility index (Phi) is 24.1. The molecule has 0 radical (unpaired) electrons. The Labute approximate surface area is 394 Å². The van der Waals surface area contributed by atoms with Gasteiger partial charge in [0.05, 0.1) is 25.4 Å². The monoisotopic (exact) mass is 1090 g/mol. The van der Waals surface area contributed by atoms with Crippen LogP contribution in [0.4, 0.5) is 0 Å². The van der Waals surface area contributed by atoms with Crippen LogP contribution in [-0.4, -0.2) is 36.7 Å².